The largest absolute Gasteiger partial charge is 0.390 e. The summed E-state index contributed by atoms with van der Waals surface area (Å²) < 4.78 is 0. The third kappa shape index (κ3) is 3.39. The summed E-state index contributed by atoms with van der Waals surface area (Å²) in [5.74, 6) is 4.56. The maximum atomic E-state index is 12.9. The van der Waals surface area contributed by atoms with Gasteiger partial charge in [-0.15, -0.1) is 0 Å². The summed E-state index contributed by atoms with van der Waals surface area (Å²) in [4.78, 5) is 14.9. The zero-order valence-corrected chi connectivity index (χ0v) is 17.8. The van der Waals surface area contributed by atoms with Crippen LogP contribution in [0.3, 0.4) is 0 Å². The van der Waals surface area contributed by atoms with Gasteiger partial charge in [-0.3, -0.25) is 4.79 Å². The lowest BCUT2D eigenvalue weighted by molar-refractivity contribution is -0.128. The fourth-order valence-electron chi connectivity index (χ4n) is 7.89. The molecule has 0 saturated heterocycles. The highest BCUT2D eigenvalue weighted by Gasteiger charge is 2.58. The van der Waals surface area contributed by atoms with Crippen LogP contribution in [0.1, 0.15) is 71.6 Å². The van der Waals surface area contributed by atoms with Crippen molar-refractivity contribution in [2.45, 2.75) is 77.2 Å². The predicted octanol–water partition coefficient (Wildman–Crippen LogP) is 4.65. The smallest absolute Gasteiger partial charge is 0.160 e. The van der Waals surface area contributed by atoms with E-state index in [1.54, 1.807) is 0 Å². The van der Waals surface area contributed by atoms with Crippen LogP contribution in [0.2, 0.25) is 0 Å². The molecule has 4 fully saturated rings. The standard InChI is InChI=1S/C24H39NO2/c1-23(27)12-9-17-16(15-23)5-6-19-18(17)10-13-24(2)20(19)7-8-21(24)22(26)11-14-25(3)4/h11,14,16-21,27H,5-10,12-13,15H2,1-4H3/b14-11+/t16-,17-,18+,19+,20-,21+,23+,24-/m0/s1. The van der Waals surface area contributed by atoms with Gasteiger partial charge in [0.15, 0.2) is 5.78 Å². The number of fused-ring (bicyclic) bond motifs is 5. The van der Waals surface area contributed by atoms with Gasteiger partial charge >= 0.3 is 0 Å². The summed E-state index contributed by atoms with van der Waals surface area (Å²) >= 11 is 0. The molecule has 4 aliphatic carbocycles. The van der Waals surface area contributed by atoms with Crippen LogP contribution in [-0.4, -0.2) is 35.5 Å². The van der Waals surface area contributed by atoms with Gasteiger partial charge in [-0.2, -0.15) is 0 Å². The molecule has 0 amide bonds. The molecule has 0 aromatic heterocycles. The molecule has 3 heteroatoms. The Bertz CT molecular complexity index is 610. The van der Waals surface area contributed by atoms with Gasteiger partial charge in [0.05, 0.1) is 5.60 Å². The molecule has 4 aliphatic rings. The SMILES string of the molecule is CN(C)/C=C/C(=O)[C@H]1CC[C@H]2[C@@H]3CC[C@H]4C[C@](C)(O)CC[C@@H]4[C@H]3CC[C@]12C. The number of allylic oxidation sites excluding steroid dienone is 1. The van der Waals surface area contributed by atoms with Crippen LogP contribution in [0.4, 0.5) is 0 Å². The van der Waals surface area contributed by atoms with Crippen molar-refractivity contribution in [1.82, 2.24) is 4.90 Å². The average Bonchev–Trinajstić information content (AvgIpc) is 2.95. The Hall–Kier alpha value is -0.830. The first kappa shape index (κ1) is 19.5. The van der Waals surface area contributed by atoms with E-state index in [2.05, 4.69) is 6.92 Å². The number of hydrogen-bond donors (Lipinski definition) is 1. The quantitative estimate of drug-likeness (QED) is 0.732. The monoisotopic (exact) mass is 373 g/mol. The Labute approximate surface area is 165 Å². The van der Waals surface area contributed by atoms with Crippen LogP contribution in [-0.2, 0) is 4.79 Å². The highest BCUT2D eigenvalue weighted by Crippen LogP contribution is 2.64. The third-order valence-electron chi connectivity index (χ3n) is 9.12. The van der Waals surface area contributed by atoms with Crippen molar-refractivity contribution in [3.8, 4) is 0 Å². The van der Waals surface area contributed by atoms with Crippen LogP contribution in [0, 0.1) is 40.9 Å². The molecule has 0 aromatic rings. The van der Waals surface area contributed by atoms with Gasteiger partial charge in [0.25, 0.3) is 0 Å². The van der Waals surface area contributed by atoms with Crippen molar-refractivity contribution in [3.63, 3.8) is 0 Å². The molecule has 3 nitrogen and oxygen atoms in total. The van der Waals surface area contributed by atoms with E-state index >= 15 is 0 Å². The van der Waals surface area contributed by atoms with Gasteiger partial charge in [0, 0.05) is 26.2 Å². The number of aliphatic hydroxyl groups is 1. The van der Waals surface area contributed by atoms with E-state index in [-0.39, 0.29) is 11.3 Å². The molecule has 1 N–H and O–H groups in total. The fraction of sp³-hybridized carbons (Fsp3) is 0.875. The molecule has 152 valence electrons. The van der Waals surface area contributed by atoms with E-state index in [0.29, 0.717) is 5.78 Å². The highest BCUT2D eigenvalue weighted by molar-refractivity contribution is 5.92. The van der Waals surface area contributed by atoms with Crippen molar-refractivity contribution in [2.24, 2.45) is 40.9 Å². The lowest BCUT2D eigenvalue weighted by Crippen LogP contribution is -2.51. The lowest BCUT2D eigenvalue weighted by Gasteiger charge is -2.56. The maximum absolute atomic E-state index is 12.9. The number of rotatable bonds is 3. The molecule has 27 heavy (non-hydrogen) atoms. The summed E-state index contributed by atoms with van der Waals surface area (Å²) in [6, 6.07) is 0. The first-order valence-electron chi connectivity index (χ1n) is 11.3. The number of carbonyl (C=O) groups is 1. The minimum atomic E-state index is -0.430. The van der Waals surface area contributed by atoms with Crippen LogP contribution in [0.25, 0.3) is 0 Å². The maximum Gasteiger partial charge on any atom is 0.160 e. The zero-order valence-electron chi connectivity index (χ0n) is 17.8. The summed E-state index contributed by atoms with van der Waals surface area (Å²) in [7, 11) is 3.96. The first-order chi connectivity index (χ1) is 12.7. The van der Waals surface area contributed by atoms with E-state index in [4.69, 9.17) is 0 Å². The number of ketones is 1. The fourth-order valence-corrected chi connectivity index (χ4v) is 7.89. The summed E-state index contributed by atoms with van der Waals surface area (Å²) in [5.41, 5.74) is -0.220. The van der Waals surface area contributed by atoms with Gasteiger partial charge in [-0.1, -0.05) is 6.92 Å². The van der Waals surface area contributed by atoms with Gasteiger partial charge in [0.1, 0.15) is 0 Å². The van der Waals surface area contributed by atoms with E-state index in [9.17, 15) is 9.90 Å². The van der Waals surface area contributed by atoms with Crippen molar-refractivity contribution in [3.05, 3.63) is 12.3 Å². The Morgan fingerprint density at radius 3 is 2.44 bits per heavy atom. The molecule has 0 aromatic carbocycles. The van der Waals surface area contributed by atoms with Crippen molar-refractivity contribution in [2.75, 3.05) is 14.1 Å². The van der Waals surface area contributed by atoms with Crippen LogP contribution in [0.15, 0.2) is 12.3 Å². The van der Waals surface area contributed by atoms with Gasteiger partial charge in [-0.25, -0.2) is 0 Å². The Balaban J connectivity index is 1.50. The summed E-state index contributed by atoms with van der Waals surface area (Å²) in [5, 5.41) is 10.5. The molecule has 0 spiro atoms. The molecule has 0 unspecified atom stereocenters. The van der Waals surface area contributed by atoms with E-state index in [1.165, 1.54) is 38.5 Å². The van der Waals surface area contributed by atoms with Gasteiger partial charge in [-0.05, 0) is 106 Å². The number of hydrogen-bond acceptors (Lipinski definition) is 3. The Morgan fingerprint density at radius 2 is 1.70 bits per heavy atom. The lowest BCUT2D eigenvalue weighted by atomic mass is 9.49. The summed E-state index contributed by atoms with van der Waals surface area (Å²) in [6.45, 7) is 4.48. The second kappa shape index (κ2) is 6.90. The average molecular weight is 374 g/mol. The van der Waals surface area contributed by atoms with Crippen molar-refractivity contribution < 1.29 is 9.90 Å². The minimum absolute atomic E-state index is 0.210. The molecule has 0 radical (unpaired) electrons. The predicted molar refractivity (Wildman–Crippen MR) is 109 cm³/mol. The Kier molecular flexibility index (Phi) is 4.98. The normalized spacial score (nSPS) is 49.4. The molecule has 4 rings (SSSR count). The van der Waals surface area contributed by atoms with E-state index in [1.807, 2.05) is 38.2 Å². The first-order valence-corrected chi connectivity index (χ1v) is 11.3. The zero-order chi connectivity index (χ0) is 19.4. The van der Waals surface area contributed by atoms with E-state index < -0.39 is 5.60 Å². The second-order valence-electron chi connectivity index (χ2n) is 11.0. The van der Waals surface area contributed by atoms with Crippen molar-refractivity contribution in [1.29, 1.82) is 0 Å². The van der Waals surface area contributed by atoms with Gasteiger partial charge < -0.3 is 10.0 Å². The molecule has 0 heterocycles. The van der Waals surface area contributed by atoms with Gasteiger partial charge in [0.2, 0.25) is 0 Å². The highest BCUT2D eigenvalue weighted by atomic mass is 16.3. The van der Waals surface area contributed by atoms with Crippen LogP contribution >= 0.6 is 0 Å². The van der Waals surface area contributed by atoms with Crippen molar-refractivity contribution >= 4 is 5.78 Å². The van der Waals surface area contributed by atoms with Crippen LogP contribution < -0.4 is 0 Å². The van der Waals surface area contributed by atoms with Crippen LogP contribution in [0.5, 0.6) is 0 Å². The third-order valence-corrected chi connectivity index (χ3v) is 9.12. The molecular weight excluding hydrogens is 334 g/mol. The van der Waals surface area contributed by atoms with E-state index in [0.717, 1.165) is 48.9 Å². The Morgan fingerprint density at radius 1 is 0.963 bits per heavy atom. The number of carbonyl (C=O) groups excluding carboxylic acids is 1. The second-order valence-corrected chi connectivity index (χ2v) is 11.0. The molecule has 4 saturated carbocycles. The minimum Gasteiger partial charge on any atom is -0.390 e. The molecule has 0 bridgehead atoms. The molecule has 0 aliphatic heterocycles. The topological polar surface area (TPSA) is 40.5 Å². The molecular formula is C24H39NO2. The molecule has 8 atom stereocenters. The number of nitrogens with zero attached hydrogens (tertiary/aromatic N) is 1. The summed E-state index contributed by atoms with van der Waals surface area (Å²) in [6.07, 6.45) is 14.5.